The number of carbonyl (C=O) groups is 1. The molecule has 0 aliphatic heterocycles. The Morgan fingerprint density at radius 1 is 1.45 bits per heavy atom. The van der Waals surface area contributed by atoms with Crippen molar-refractivity contribution in [2.75, 3.05) is 12.8 Å². The lowest BCUT2D eigenvalue weighted by molar-refractivity contribution is 0.231. The standard InChI is InChI=1S/C16H23ClN2O2S/c1-3-14(12-6-4-7-13(17)10-12)19-15(20)18-11-16(22(2)21)8-5-9-16/h4,6-7,10,14H,3,5,8-9,11H2,1-2H3,(H2,18,19,20)/t14-,22+/m1/s1. The van der Waals surface area contributed by atoms with Crippen LogP contribution < -0.4 is 10.6 Å². The number of hydrogen-bond acceptors (Lipinski definition) is 2. The van der Waals surface area contributed by atoms with Gasteiger partial charge in [-0.3, -0.25) is 4.21 Å². The van der Waals surface area contributed by atoms with E-state index in [1.165, 1.54) is 0 Å². The van der Waals surface area contributed by atoms with E-state index in [-0.39, 0.29) is 16.8 Å². The van der Waals surface area contributed by atoms with Crippen molar-refractivity contribution in [1.82, 2.24) is 10.6 Å². The summed E-state index contributed by atoms with van der Waals surface area (Å²) in [5, 5.41) is 6.50. The van der Waals surface area contributed by atoms with Crippen molar-refractivity contribution in [3.8, 4) is 0 Å². The molecule has 1 aromatic rings. The predicted octanol–water partition coefficient (Wildman–Crippen LogP) is 3.39. The molecule has 1 aliphatic carbocycles. The van der Waals surface area contributed by atoms with Gasteiger partial charge in [-0.1, -0.05) is 37.1 Å². The summed E-state index contributed by atoms with van der Waals surface area (Å²) in [5.41, 5.74) is 0.988. The molecule has 2 rings (SSSR count). The van der Waals surface area contributed by atoms with Crippen LogP contribution in [-0.2, 0) is 10.8 Å². The minimum absolute atomic E-state index is 0.0804. The number of benzene rings is 1. The fourth-order valence-corrected chi connectivity index (χ4v) is 4.07. The number of carbonyl (C=O) groups excluding carboxylic acids is 1. The average Bonchev–Trinajstić information content (AvgIpc) is 2.43. The van der Waals surface area contributed by atoms with Crippen molar-refractivity contribution < 1.29 is 9.00 Å². The maximum atomic E-state index is 12.1. The van der Waals surface area contributed by atoms with E-state index in [9.17, 15) is 9.00 Å². The zero-order valence-corrected chi connectivity index (χ0v) is 14.6. The number of rotatable bonds is 6. The Bertz CT molecular complexity index is 561. The van der Waals surface area contributed by atoms with Crippen LogP contribution in [0.3, 0.4) is 0 Å². The van der Waals surface area contributed by atoms with Gasteiger partial charge in [0, 0.05) is 28.6 Å². The Hall–Kier alpha value is -1.07. The molecular weight excluding hydrogens is 320 g/mol. The van der Waals surface area contributed by atoms with Gasteiger partial charge in [-0.25, -0.2) is 4.79 Å². The molecule has 1 aromatic carbocycles. The number of nitrogens with one attached hydrogen (secondary N) is 2. The van der Waals surface area contributed by atoms with Crippen LogP contribution in [0.2, 0.25) is 5.02 Å². The van der Waals surface area contributed by atoms with Crippen LogP contribution in [0.15, 0.2) is 24.3 Å². The molecule has 122 valence electrons. The minimum Gasteiger partial charge on any atom is -0.337 e. The molecule has 2 N–H and O–H groups in total. The largest absolute Gasteiger partial charge is 0.337 e. The van der Waals surface area contributed by atoms with E-state index < -0.39 is 10.8 Å². The van der Waals surface area contributed by atoms with Crippen molar-refractivity contribution >= 4 is 28.4 Å². The Balaban J connectivity index is 1.91. The van der Waals surface area contributed by atoms with E-state index in [4.69, 9.17) is 11.6 Å². The first-order chi connectivity index (χ1) is 10.5. The molecule has 1 fully saturated rings. The van der Waals surface area contributed by atoms with Gasteiger partial charge in [-0.15, -0.1) is 0 Å². The van der Waals surface area contributed by atoms with Crippen LogP contribution in [0, 0.1) is 0 Å². The molecule has 0 saturated heterocycles. The van der Waals surface area contributed by atoms with E-state index in [0.29, 0.717) is 11.6 Å². The van der Waals surface area contributed by atoms with Crippen molar-refractivity contribution in [3.63, 3.8) is 0 Å². The van der Waals surface area contributed by atoms with E-state index in [1.807, 2.05) is 31.2 Å². The van der Waals surface area contributed by atoms with Crippen LogP contribution in [0.4, 0.5) is 4.79 Å². The number of halogens is 1. The zero-order valence-electron chi connectivity index (χ0n) is 13.0. The van der Waals surface area contributed by atoms with Gasteiger partial charge in [0.15, 0.2) is 0 Å². The van der Waals surface area contributed by atoms with Gasteiger partial charge in [-0.05, 0) is 37.0 Å². The summed E-state index contributed by atoms with van der Waals surface area (Å²) >= 11 is 6.00. The quantitative estimate of drug-likeness (QED) is 0.832. The Morgan fingerprint density at radius 2 is 2.18 bits per heavy atom. The second kappa shape index (κ2) is 7.47. The second-order valence-electron chi connectivity index (χ2n) is 5.83. The van der Waals surface area contributed by atoms with Gasteiger partial charge < -0.3 is 10.6 Å². The Morgan fingerprint density at radius 3 is 2.68 bits per heavy atom. The molecular formula is C16H23ClN2O2S. The van der Waals surface area contributed by atoms with Crippen molar-refractivity contribution in [1.29, 1.82) is 0 Å². The predicted molar refractivity (Wildman–Crippen MR) is 91.7 cm³/mol. The summed E-state index contributed by atoms with van der Waals surface area (Å²) in [6.07, 6.45) is 5.42. The van der Waals surface area contributed by atoms with Crippen LogP contribution in [-0.4, -0.2) is 27.8 Å². The molecule has 1 aliphatic rings. The van der Waals surface area contributed by atoms with Crippen molar-refractivity contribution in [2.24, 2.45) is 0 Å². The van der Waals surface area contributed by atoms with Crippen LogP contribution in [0.25, 0.3) is 0 Å². The molecule has 0 aromatic heterocycles. The molecule has 0 heterocycles. The van der Waals surface area contributed by atoms with Crippen LogP contribution in [0.1, 0.15) is 44.2 Å². The number of urea groups is 1. The molecule has 0 radical (unpaired) electrons. The number of hydrogen-bond donors (Lipinski definition) is 2. The number of amides is 2. The van der Waals surface area contributed by atoms with Crippen molar-refractivity contribution in [3.05, 3.63) is 34.9 Å². The van der Waals surface area contributed by atoms with Crippen LogP contribution >= 0.6 is 11.6 Å². The van der Waals surface area contributed by atoms with E-state index in [1.54, 1.807) is 6.26 Å². The minimum atomic E-state index is -0.912. The first kappa shape index (κ1) is 17.3. The molecule has 2 amide bonds. The van der Waals surface area contributed by atoms with Gasteiger partial charge >= 0.3 is 6.03 Å². The van der Waals surface area contributed by atoms with Gasteiger partial charge in [0.25, 0.3) is 0 Å². The first-order valence-electron chi connectivity index (χ1n) is 7.60. The monoisotopic (exact) mass is 342 g/mol. The van der Waals surface area contributed by atoms with E-state index in [0.717, 1.165) is 31.2 Å². The summed E-state index contributed by atoms with van der Waals surface area (Å²) in [6, 6.07) is 7.21. The van der Waals surface area contributed by atoms with Gasteiger partial charge in [0.2, 0.25) is 0 Å². The van der Waals surface area contributed by atoms with Crippen LogP contribution in [0.5, 0.6) is 0 Å². The van der Waals surface area contributed by atoms with Gasteiger partial charge in [0.05, 0.1) is 10.8 Å². The van der Waals surface area contributed by atoms with Gasteiger partial charge in [0.1, 0.15) is 0 Å². The van der Waals surface area contributed by atoms with E-state index in [2.05, 4.69) is 10.6 Å². The molecule has 22 heavy (non-hydrogen) atoms. The Kier molecular flexibility index (Phi) is 5.87. The SMILES string of the molecule is CC[C@@H](NC(=O)NCC1([S@](C)=O)CCC1)c1cccc(Cl)c1. The highest BCUT2D eigenvalue weighted by Gasteiger charge is 2.41. The highest BCUT2D eigenvalue weighted by atomic mass is 35.5. The summed E-state index contributed by atoms with van der Waals surface area (Å²) in [5.74, 6) is 0. The fourth-order valence-electron chi connectivity index (χ4n) is 2.73. The highest BCUT2D eigenvalue weighted by Crippen LogP contribution is 2.36. The fraction of sp³-hybridized carbons (Fsp3) is 0.562. The Labute approximate surface area is 139 Å². The lowest BCUT2D eigenvalue weighted by Gasteiger charge is -2.39. The first-order valence-corrected chi connectivity index (χ1v) is 9.54. The second-order valence-corrected chi connectivity index (χ2v) is 8.04. The van der Waals surface area contributed by atoms with E-state index >= 15 is 0 Å². The maximum absolute atomic E-state index is 12.1. The molecule has 0 unspecified atom stereocenters. The third kappa shape index (κ3) is 4.02. The smallest absolute Gasteiger partial charge is 0.315 e. The summed E-state index contributed by atoms with van der Waals surface area (Å²) in [4.78, 5) is 12.1. The third-order valence-electron chi connectivity index (χ3n) is 4.41. The topological polar surface area (TPSA) is 58.2 Å². The summed E-state index contributed by atoms with van der Waals surface area (Å²) < 4.78 is 11.6. The van der Waals surface area contributed by atoms with Gasteiger partial charge in [-0.2, -0.15) is 0 Å². The lowest BCUT2D eigenvalue weighted by Crippen LogP contribution is -2.52. The molecule has 0 bridgehead atoms. The molecule has 4 nitrogen and oxygen atoms in total. The maximum Gasteiger partial charge on any atom is 0.315 e. The van der Waals surface area contributed by atoms with Crippen molar-refractivity contribution in [2.45, 2.75) is 43.4 Å². The normalized spacial score (nSPS) is 18.9. The molecule has 6 heteroatoms. The third-order valence-corrected chi connectivity index (χ3v) is 6.42. The average molecular weight is 343 g/mol. The highest BCUT2D eigenvalue weighted by molar-refractivity contribution is 7.85. The summed E-state index contributed by atoms with van der Waals surface area (Å²) in [7, 11) is -0.912. The molecule has 0 spiro atoms. The lowest BCUT2D eigenvalue weighted by atomic mass is 9.84. The molecule has 1 saturated carbocycles. The molecule has 2 atom stereocenters. The summed E-state index contributed by atoms with van der Waals surface area (Å²) in [6.45, 7) is 2.48. The zero-order chi connectivity index (χ0) is 16.2.